The second-order valence-corrected chi connectivity index (χ2v) is 4.86. The molecule has 0 saturated heterocycles. The van der Waals surface area contributed by atoms with Crippen LogP contribution in [0, 0.1) is 0 Å². The maximum Gasteiger partial charge on any atom is 0.277 e. The number of nitrogens with one attached hydrogen (secondary N) is 1. The van der Waals surface area contributed by atoms with Crippen molar-refractivity contribution in [1.29, 1.82) is 0 Å². The van der Waals surface area contributed by atoms with Crippen LogP contribution in [-0.4, -0.2) is 16.5 Å². The number of carbonyl (C=O) groups excluding carboxylic acids is 1. The van der Waals surface area contributed by atoms with E-state index in [0.717, 1.165) is 0 Å². The largest absolute Gasteiger partial charge is 0.277 e. The highest BCUT2D eigenvalue weighted by atomic mass is 35.5. The number of pyridine rings is 1. The molecule has 0 fully saturated rings. The molecule has 0 atom stereocenters. The zero-order valence-corrected chi connectivity index (χ0v) is 10.7. The summed E-state index contributed by atoms with van der Waals surface area (Å²) < 4.78 is 0. The monoisotopic (exact) mass is 262 g/mol. The quantitative estimate of drug-likeness (QED) is 0.659. The fourth-order valence-corrected chi connectivity index (χ4v) is 1.27. The van der Waals surface area contributed by atoms with Crippen molar-refractivity contribution in [3.63, 3.8) is 0 Å². The Labute approximate surface area is 104 Å². The number of amides is 1. The van der Waals surface area contributed by atoms with Gasteiger partial charge in [0, 0.05) is 0 Å². The molecule has 1 aromatic rings. The molecule has 0 saturated carbocycles. The zero-order chi connectivity index (χ0) is 12.3. The minimum Gasteiger partial charge on any atom is -0.268 e. The summed E-state index contributed by atoms with van der Waals surface area (Å²) in [5.41, 5.74) is 2.04. The smallest absolute Gasteiger partial charge is 0.268 e. The number of aromatic nitrogens is 1. The van der Waals surface area contributed by atoms with Gasteiger partial charge in [-0.25, -0.2) is 10.5 Å². The Bertz CT molecular complexity index is 402. The van der Waals surface area contributed by atoms with Crippen LogP contribution in [0.4, 0.5) is 0 Å². The van der Waals surface area contributed by atoms with Gasteiger partial charge in [0.15, 0.2) is 0 Å². The summed E-state index contributed by atoms with van der Waals surface area (Å²) in [6.07, 6.45) is 0. The third-order valence-corrected chi connectivity index (χ3v) is 2.01. The topological polar surface area (TPSA) is 51.2 Å². The van der Waals surface area contributed by atoms with E-state index in [2.05, 4.69) is 10.5 Å². The van der Waals surface area contributed by atoms with Gasteiger partial charge in [-0.1, -0.05) is 23.2 Å². The van der Waals surface area contributed by atoms with E-state index in [1.165, 1.54) is 12.1 Å². The molecule has 4 nitrogen and oxygen atoms in total. The molecule has 0 aromatic carbocycles. The normalized spacial score (nSPS) is 11.3. The van der Waals surface area contributed by atoms with Crippen LogP contribution in [0.5, 0.6) is 0 Å². The maximum absolute atomic E-state index is 11.6. The molecular formula is C10H12Cl2N2O2. The van der Waals surface area contributed by atoms with Crippen LogP contribution in [0.15, 0.2) is 12.1 Å². The molecule has 1 aromatic heterocycles. The third kappa shape index (κ3) is 3.96. The number of nitrogens with zero attached hydrogens (tertiary/aromatic N) is 1. The second-order valence-electron chi connectivity index (χ2n) is 4.12. The Morgan fingerprint density at radius 1 is 1.38 bits per heavy atom. The average molecular weight is 263 g/mol. The van der Waals surface area contributed by atoms with Gasteiger partial charge in [-0.2, -0.15) is 0 Å². The Kier molecular flexibility index (Phi) is 4.13. The first kappa shape index (κ1) is 13.2. The highest BCUT2D eigenvalue weighted by molar-refractivity contribution is 6.34. The Balaban J connectivity index is 2.74. The van der Waals surface area contributed by atoms with Crippen molar-refractivity contribution in [2.45, 2.75) is 26.4 Å². The molecule has 0 aliphatic carbocycles. The van der Waals surface area contributed by atoms with Gasteiger partial charge in [-0.05, 0) is 32.9 Å². The molecule has 1 rings (SSSR count). The van der Waals surface area contributed by atoms with E-state index in [-0.39, 0.29) is 15.9 Å². The first-order chi connectivity index (χ1) is 7.29. The van der Waals surface area contributed by atoms with Gasteiger partial charge in [0.05, 0.1) is 11.2 Å². The number of rotatable bonds is 2. The van der Waals surface area contributed by atoms with Crippen LogP contribution in [0.1, 0.15) is 31.1 Å². The molecule has 0 spiro atoms. The van der Waals surface area contributed by atoms with Crippen LogP contribution in [-0.2, 0) is 4.84 Å². The lowest BCUT2D eigenvalue weighted by atomic mass is 10.2. The number of hydrogen-bond donors (Lipinski definition) is 1. The van der Waals surface area contributed by atoms with Crippen molar-refractivity contribution in [2.75, 3.05) is 0 Å². The zero-order valence-electron chi connectivity index (χ0n) is 9.17. The first-order valence-electron chi connectivity index (χ1n) is 4.60. The molecule has 1 heterocycles. The van der Waals surface area contributed by atoms with Crippen LogP contribution in [0.2, 0.25) is 10.3 Å². The molecule has 0 radical (unpaired) electrons. The Morgan fingerprint density at radius 2 is 2.00 bits per heavy atom. The molecular weight excluding hydrogens is 251 g/mol. The summed E-state index contributed by atoms with van der Waals surface area (Å²) in [7, 11) is 0. The van der Waals surface area contributed by atoms with Gasteiger partial charge in [-0.3, -0.25) is 9.63 Å². The van der Waals surface area contributed by atoms with Crippen molar-refractivity contribution in [3.05, 3.63) is 28.0 Å². The van der Waals surface area contributed by atoms with Crippen LogP contribution in [0.3, 0.4) is 0 Å². The second kappa shape index (κ2) is 4.99. The number of hydroxylamine groups is 1. The summed E-state index contributed by atoms with van der Waals surface area (Å²) >= 11 is 11.4. The van der Waals surface area contributed by atoms with E-state index in [4.69, 9.17) is 28.0 Å². The summed E-state index contributed by atoms with van der Waals surface area (Å²) in [6.45, 7) is 5.44. The highest BCUT2D eigenvalue weighted by Crippen LogP contribution is 2.16. The lowest BCUT2D eigenvalue weighted by molar-refractivity contribution is -0.0589. The van der Waals surface area contributed by atoms with Crippen molar-refractivity contribution >= 4 is 29.1 Å². The molecule has 0 bridgehead atoms. The fraction of sp³-hybridized carbons (Fsp3) is 0.400. The summed E-state index contributed by atoms with van der Waals surface area (Å²) in [5, 5.41) is 0.279. The van der Waals surface area contributed by atoms with E-state index in [1.807, 2.05) is 20.8 Å². The third-order valence-electron chi connectivity index (χ3n) is 1.51. The van der Waals surface area contributed by atoms with Crippen molar-refractivity contribution in [1.82, 2.24) is 10.5 Å². The predicted molar refractivity (Wildman–Crippen MR) is 62.6 cm³/mol. The lowest BCUT2D eigenvalue weighted by Crippen LogP contribution is -2.33. The highest BCUT2D eigenvalue weighted by Gasteiger charge is 2.16. The molecule has 1 N–H and O–H groups in total. The molecule has 0 aliphatic rings. The summed E-state index contributed by atoms with van der Waals surface area (Å²) in [4.78, 5) is 20.5. The molecule has 1 amide bonds. The number of halogens is 2. The molecule has 6 heteroatoms. The number of carbonyl (C=O) groups is 1. The molecule has 88 valence electrons. The number of hydrogen-bond acceptors (Lipinski definition) is 3. The predicted octanol–water partition coefficient (Wildman–Crippen LogP) is 2.85. The van der Waals surface area contributed by atoms with Crippen LogP contribution >= 0.6 is 23.2 Å². The first-order valence-corrected chi connectivity index (χ1v) is 5.35. The summed E-state index contributed by atoms with van der Waals surface area (Å²) in [5.74, 6) is -0.455. The standard InChI is InChI=1S/C10H12Cl2N2O2/c1-10(2,3)16-14-9(15)6-4-5-7(11)13-8(6)12/h4-5H,1-3H3,(H,14,15). The Morgan fingerprint density at radius 3 is 2.50 bits per heavy atom. The molecule has 0 aliphatic heterocycles. The van der Waals surface area contributed by atoms with Gasteiger partial charge in [-0.15, -0.1) is 0 Å². The van der Waals surface area contributed by atoms with Gasteiger partial charge in [0.1, 0.15) is 10.3 Å². The van der Waals surface area contributed by atoms with Gasteiger partial charge in [0.2, 0.25) is 0 Å². The maximum atomic E-state index is 11.6. The van der Waals surface area contributed by atoms with Crippen molar-refractivity contribution < 1.29 is 9.63 Å². The van der Waals surface area contributed by atoms with Crippen molar-refractivity contribution in [3.8, 4) is 0 Å². The van der Waals surface area contributed by atoms with Gasteiger partial charge in [0.25, 0.3) is 5.91 Å². The summed E-state index contributed by atoms with van der Waals surface area (Å²) in [6, 6.07) is 2.97. The van der Waals surface area contributed by atoms with E-state index < -0.39 is 11.5 Å². The molecule has 0 unspecified atom stereocenters. The Hall–Kier alpha value is -0.840. The minimum absolute atomic E-state index is 0.0440. The minimum atomic E-state index is -0.470. The SMILES string of the molecule is CC(C)(C)ONC(=O)c1ccc(Cl)nc1Cl. The lowest BCUT2D eigenvalue weighted by Gasteiger charge is -2.19. The average Bonchev–Trinajstić information content (AvgIpc) is 2.13. The van der Waals surface area contributed by atoms with Crippen LogP contribution < -0.4 is 5.48 Å². The van der Waals surface area contributed by atoms with E-state index in [0.29, 0.717) is 0 Å². The van der Waals surface area contributed by atoms with Gasteiger partial charge >= 0.3 is 0 Å². The van der Waals surface area contributed by atoms with E-state index in [9.17, 15) is 4.79 Å². The fourth-order valence-electron chi connectivity index (χ4n) is 0.836. The van der Waals surface area contributed by atoms with Crippen LogP contribution in [0.25, 0.3) is 0 Å². The van der Waals surface area contributed by atoms with Crippen molar-refractivity contribution in [2.24, 2.45) is 0 Å². The van der Waals surface area contributed by atoms with E-state index in [1.54, 1.807) is 0 Å². The molecule has 16 heavy (non-hydrogen) atoms. The van der Waals surface area contributed by atoms with Gasteiger partial charge < -0.3 is 0 Å². The van der Waals surface area contributed by atoms with E-state index >= 15 is 0 Å².